The van der Waals surface area contributed by atoms with Gasteiger partial charge in [-0.1, -0.05) is 44.2 Å². The van der Waals surface area contributed by atoms with Gasteiger partial charge in [-0.25, -0.2) is 9.59 Å². The number of amides is 3. The molecule has 1 aromatic carbocycles. The van der Waals surface area contributed by atoms with Crippen LogP contribution in [-0.2, 0) is 30.5 Å². The van der Waals surface area contributed by atoms with Crippen molar-refractivity contribution in [2.75, 3.05) is 13.7 Å². The molecule has 1 aromatic rings. The number of alkyl carbamates (subject to hydrolysis) is 1. The van der Waals surface area contributed by atoms with E-state index in [0.29, 0.717) is 6.42 Å². The quantitative estimate of drug-likeness (QED) is 0.500. The maximum atomic E-state index is 12.2. The van der Waals surface area contributed by atoms with Crippen LogP contribution in [0.4, 0.5) is 4.79 Å². The third-order valence-corrected chi connectivity index (χ3v) is 3.89. The van der Waals surface area contributed by atoms with Crippen LogP contribution in [0.2, 0.25) is 0 Å². The van der Waals surface area contributed by atoms with Crippen molar-refractivity contribution in [2.24, 2.45) is 5.92 Å². The van der Waals surface area contributed by atoms with Gasteiger partial charge < -0.3 is 25.4 Å². The van der Waals surface area contributed by atoms with Gasteiger partial charge in [-0.2, -0.15) is 0 Å². The van der Waals surface area contributed by atoms with Gasteiger partial charge in [0.05, 0.1) is 7.11 Å². The average Bonchev–Trinajstić information content (AvgIpc) is 2.69. The predicted molar refractivity (Wildman–Crippen MR) is 106 cm³/mol. The van der Waals surface area contributed by atoms with Gasteiger partial charge in [0.25, 0.3) is 0 Å². The highest BCUT2D eigenvalue weighted by atomic mass is 16.5. The van der Waals surface area contributed by atoms with Crippen LogP contribution in [0.1, 0.15) is 32.8 Å². The number of esters is 1. The van der Waals surface area contributed by atoms with Crippen LogP contribution < -0.4 is 16.0 Å². The van der Waals surface area contributed by atoms with Gasteiger partial charge in [0.1, 0.15) is 25.2 Å². The van der Waals surface area contributed by atoms with Gasteiger partial charge >= 0.3 is 12.1 Å². The molecular formula is C20H29N3O6. The molecular weight excluding hydrogens is 378 g/mol. The second kappa shape index (κ2) is 12.4. The van der Waals surface area contributed by atoms with Gasteiger partial charge in [0.15, 0.2) is 0 Å². The van der Waals surface area contributed by atoms with Crippen molar-refractivity contribution >= 4 is 23.9 Å². The minimum atomic E-state index is -0.899. The number of carbonyl (C=O) groups is 4. The minimum absolute atomic E-state index is 0.0812. The predicted octanol–water partition coefficient (Wildman–Crippen LogP) is 1.12. The molecule has 9 heteroatoms. The van der Waals surface area contributed by atoms with E-state index in [2.05, 4.69) is 16.0 Å². The Morgan fingerprint density at radius 2 is 1.66 bits per heavy atom. The van der Waals surface area contributed by atoms with Gasteiger partial charge in [-0.15, -0.1) is 0 Å². The summed E-state index contributed by atoms with van der Waals surface area (Å²) >= 11 is 0. The molecule has 0 heterocycles. The van der Waals surface area contributed by atoms with E-state index in [4.69, 9.17) is 9.47 Å². The molecule has 0 unspecified atom stereocenters. The highest BCUT2D eigenvalue weighted by Crippen LogP contribution is 2.06. The first kappa shape index (κ1) is 23.9. The van der Waals surface area contributed by atoms with Crippen molar-refractivity contribution < 1.29 is 28.7 Å². The summed E-state index contributed by atoms with van der Waals surface area (Å²) in [6, 6.07) is 7.41. The lowest BCUT2D eigenvalue weighted by Gasteiger charge is -2.21. The van der Waals surface area contributed by atoms with Gasteiger partial charge in [0.2, 0.25) is 11.8 Å². The van der Waals surface area contributed by atoms with Crippen molar-refractivity contribution in [3.05, 3.63) is 35.9 Å². The smallest absolute Gasteiger partial charge is 0.407 e. The van der Waals surface area contributed by atoms with Gasteiger partial charge in [-0.3, -0.25) is 9.59 Å². The monoisotopic (exact) mass is 407 g/mol. The molecule has 160 valence electrons. The molecule has 3 amide bonds. The fourth-order valence-corrected chi connectivity index (χ4v) is 2.41. The number of methoxy groups -OCH3 is 1. The summed E-state index contributed by atoms with van der Waals surface area (Å²) in [5.41, 5.74) is 0.818. The Balaban J connectivity index is 2.38. The Morgan fingerprint density at radius 3 is 2.24 bits per heavy atom. The highest BCUT2D eigenvalue weighted by Gasteiger charge is 2.25. The van der Waals surface area contributed by atoms with E-state index in [-0.39, 0.29) is 19.1 Å². The summed E-state index contributed by atoms with van der Waals surface area (Å²) in [5, 5.41) is 7.33. The lowest BCUT2D eigenvalue weighted by Crippen LogP contribution is -2.52. The molecule has 9 nitrogen and oxygen atoms in total. The fraction of sp³-hybridized carbons (Fsp3) is 0.500. The summed E-state index contributed by atoms with van der Waals surface area (Å²) in [7, 11) is 1.25. The first-order chi connectivity index (χ1) is 13.7. The molecule has 2 atom stereocenters. The second-order valence-electron chi connectivity index (χ2n) is 6.92. The number of hydrogen-bond acceptors (Lipinski definition) is 6. The van der Waals surface area contributed by atoms with Crippen molar-refractivity contribution in [1.82, 2.24) is 16.0 Å². The molecule has 0 aliphatic rings. The Morgan fingerprint density at radius 1 is 1.00 bits per heavy atom. The standard InChI is InChI=1S/C20H29N3O6/c1-13(2)10-16(19(26)28-4)23-18(25)14(3)22-17(24)11-21-20(27)29-12-15-8-6-5-7-9-15/h5-9,13-14,16H,10-12H2,1-4H3,(H,21,27)(H,22,24)(H,23,25)/t14-,16-/m0/s1. The van der Waals surface area contributed by atoms with E-state index in [0.717, 1.165) is 5.56 Å². The van der Waals surface area contributed by atoms with Crippen LogP contribution in [0.15, 0.2) is 30.3 Å². The zero-order valence-electron chi connectivity index (χ0n) is 17.2. The SMILES string of the molecule is COC(=O)[C@H](CC(C)C)NC(=O)[C@H](C)NC(=O)CNC(=O)OCc1ccccc1. The number of hydrogen-bond donors (Lipinski definition) is 3. The van der Waals surface area contributed by atoms with Crippen molar-refractivity contribution in [2.45, 2.75) is 45.9 Å². The van der Waals surface area contributed by atoms with Crippen LogP contribution >= 0.6 is 0 Å². The average molecular weight is 407 g/mol. The van der Waals surface area contributed by atoms with E-state index in [1.54, 1.807) is 12.1 Å². The van der Waals surface area contributed by atoms with Gasteiger partial charge in [-0.05, 0) is 24.8 Å². The van der Waals surface area contributed by atoms with E-state index < -0.39 is 36.0 Å². The Labute approximate surface area is 170 Å². The van der Waals surface area contributed by atoms with E-state index in [1.807, 2.05) is 32.0 Å². The topological polar surface area (TPSA) is 123 Å². The number of rotatable bonds is 10. The zero-order valence-corrected chi connectivity index (χ0v) is 17.2. The summed E-state index contributed by atoms with van der Waals surface area (Å²) in [4.78, 5) is 47.6. The molecule has 0 saturated heterocycles. The first-order valence-corrected chi connectivity index (χ1v) is 9.35. The minimum Gasteiger partial charge on any atom is -0.467 e. The molecule has 0 aliphatic carbocycles. The summed E-state index contributed by atoms with van der Waals surface area (Å²) in [5.74, 6) is -1.48. The molecule has 0 aromatic heterocycles. The van der Waals surface area contributed by atoms with Crippen molar-refractivity contribution in [3.8, 4) is 0 Å². The highest BCUT2D eigenvalue weighted by molar-refractivity contribution is 5.91. The second-order valence-corrected chi connectivity index (χ2v) is 6.92. The van der Waals surface area contributed by atoms with Gasteiger partial charge in [0, 0.05) is 0 Å². The molecule has 0 radical (unpaired) electrons. The normalized spacial score (nSPS) is 12.4. The molecule has 0 spiro atoms. The van der Waals surface area contributed by atoms with Crippen LogP contribution in [-0.4, -0.2) is 49.6 Å². The molecule has 1 rings (SSSR count). The van der Waals surface area contributed by atoms with E-state index in [9.17, 15) is 19.2 Å². The van der Waals surface area contributed by atoms with Crippen molar-refractivity contribution in [1.29, 1.82) is 0 Å². The number of ether oxygens (including phenoxy) is 2. The molecule has 0 saturated carbocycles. The maximum absolute atomic E-state index is 12.2. The molecule has 0 fully saturated rings. The third-order valence-electron chi connectivity index (χ3n) is 3.89. The number of carbonyl (C=O) groups excluding carboxylic acids is 4. The van der Waals surface area contributed by atoms with Crippen LogP contribution in [0.25, 0.3) is 0 Å². The Hall–Kier alpha value is -3.10. The van der Waals surface area contributed by atoms with Crippen LogP contribution in [0.3, 0.4) is 0 Å². The molecule has 0 bridgehead atoms. The number of nitrogens with one attached hydrogen (secondary N) is 3. The molecule has 29 heavy (non-hydrogen) atoms. The molecule has 3 N–H and O–H groups in total. The molecule has 0 aliphatic heterocycles. The Kier molecular flexibility index (Phi) is 10.2. The third kappa shape index (κ3) is 9.59. The fourth-order valence-electron chi connectivity index (χ4n) is 2.41. The van der Waals surface area contributed by atoms with Crippen molar-refractivity contribution in [3.63, 3.8) is 0 Å². The zero-order chi connectivity index (χ0) is 21.8. The maximum Gasteiger partial charge on any atom is 0.407 e. The largest absolute Gasteiger partial charge is 0.467 e. The number of benzene rings is 1. The van der Waals surface area contributed by atoms with Crippen LogP contribution in [0.5, 0.6) is 0 Å². The van der Waals surface area contributed by atoms with E-state index in [1.165, 1.54) is 14.0 Å². The Bertz CT molecular complexity index is 693. The summed E-state index contributed by atoms with van der Waals surface area (Å²) in [6.45, 7) is 5.03. The van der Waals surface area contributed by atoms with Crippen LogP contribution in [0, 0.1) is 5.92 Å². The lowest BCUT2D eigenvalue weighted by atomic mass is 10.0. The first-order valence-electron chi connectivity index (χ1n) is 9.35. The lowest BCUT2D eigenvalue weighted by molar-refractivity contribution is -0.145. The summed E-state index contributed by atoms with van der Waals surface area (Å²) < 4.78 is 9.69. The summed E-state index contributed by atoms with van der Waals surface area (Å²) in [6.07, 6.45) is -0.336. The van der Waals surface area contributed by atoms with E-state index >= 15 is 0 Å².